The second-order valence-electron chi connectivity index (χ2n) is 0.311. The van der Waals surface area contributed by atoms with Crippen molar-refractivity contribution in [2.75, 3.05) is 0 Å². The van der Waals surface area contributed by atoms with Gasteiger partial charge in [0.2, 0.25) is 0 Å². The Morgan fingerprint density at radius 2 is 1.60 bits per heavy atom. The molecular formula is H3BFLiO2. The molecule has 0 radical (unpaired) electrons. The molecular weight excluding hydrogens is 68.7 g/mol. The van der Waals surface area contributed by atoms with Crippen LogP contribution in [0.1, 0.15) is 1.43 Å². The van der Waals surface area contributed by atoms with E-state index in [9.17, 15) is 4.32 Å². The summed E-state index contributed by atoms with van der Waals surface area (Å²) in [4.78, 5) is 0. The van der Waals surface area contributed by atoms with Crippen LogP contribution in [0.2, 0.25) is 0 Å². The zero-order valence-electron chi connectivity index (χ0n) is 3.85. The van der Waals surface area contributed by atoms with Crippen LogP contribution in [0.4, 0.5) is 4.32 Å². The predicted molar refractivity (Wildman–Crippen MR) is 12.4 cm³/mol. The van der Waals surface area contributed by atoms with Crippen molar-refractivity contribution in [1.82, 2.24) is 0 Å². The van der Waals surface area contributed by atoms with Crippen LogP contribution in [-0.4, -0.2) is 17.4 Å². The molecule has 0 saturated carbocycles. The maximum Gasteiger partial charge on any atom is 1.00 e. The van der Waals surface area contributed by atoms with Gasteiger partial charge >= 0.3 is 26.3 Å². The summed E-state index contributed by atoms with van der Waals surface area (Å²) in [5.74, 6) is 0. The first-order valence-corrected chi connectivity index (χ1v) is 0.735. The van der Waals surface area contributed by atoms with Crippen LogP contribution >= 0.6 is 0 Å². The molecule has 0 atom stereocenters. The normalized spacial score (nSPS) is 5.40. The number of halogens is 1. The first kappa shape index (κ1) is 9.10. The first-order chi connectivity index (χ1) is 1.73. The second-order valence-corrected chi connectivity index (χ2v) is 0.311. The van der Waals surface area contributed by atoms with Crippen molar-refractivity contribution < 1.29 is 34.7 Å². The van der Waals surface area contributed by atoms with Crippen molar-refractivity contribution in [3.63, 3.8) is 0 Å². The third kappa shape index (κ3) is 109. The molecule has 0 aliphatic carbocycles. The van der Waals surface area contributed by atoms with Gasteiger partial charge in [-0.25, -0.2) is 0 Å². The van der Waals surface area contributed by atoms with Gasteiger partial charge in [-0.1, -0.05) is 0 Å². The molecule has 0 amide bonds. The Kier molecular flexibility index (Phi) is 8.21. The Hall–Kier alpha value is 0.512. The minimum atomic E-state index is -2.67. The topological polar surface area (TPSA) is 40.5 Å². The van der Waals surface area contributed by atoms with Gasteiger partial charge in [-0.3, -0.25) is 4.32 Å². The Morgan fingerprint density at radius 1 is 1.60 bits per heavy atom. The van der Waals surface area contributed by atoms with Crippen LogP contribution in [0, 0.1) is 0 Å². The molecule has 0 saturated heterocycles. The summed E-state index contributed by atoms with van der Waals surface area (Å²) in [5.41, 5.74) is 0. The van der Waals surface area contributed by atoms with Crippen LogP contribution in [0.25, 0.3) is 0 Å². The number of rotatable bonds is 0. The molecule has 2 nitrogen and oxygen atoms in total. The maximum atomic E-state index is 10.1. The van der Waals surface area contributed by atoms with Gasteiger partial charge in [-0.15, -0.1) is 0 Å². The van der Waals surface area contributed by atoms with Crippen LogP contribution in [0.3, 0.4) is 0 Å². The van der Waals surface area contributed by atoms with E-state index >= 15 is 0 Å². The Bertz CT molecular complexity index is 18.3. The molecule has 0 unspecified atom stereocenters. The van der Waals surface area contributed by atoms with E-state index in [4.69, 9.17) is 10.0 Å². The largest absolute Gasteiger partial charge is 1.00 e. The first-order valence-electron chi connectivity index (χ1n) is 0.735. The molecule has 0 heterocycles. The SMILES string of the molecule is OB(O)F.[H-].[Li+]. The average molecular weight is 71.8 g/mol. The summed E-state index contributed by atoms with van der Waals surface area (Å²) in [5, 5.41) is 13.9. The van der Waals surface area contributed by atoms with E-state index in [-0.39, 0.29) is 20.3 Å². The van der Waals surface area contributed by atoms with Gasteiger partial charge in [-0.05, 0) is 0 Å². The average Bonchev–Trinajstić information content (AvgIpc) is 0.811. The third-order valence-electron chi connectivity index (χ3n) is 0. The monoisotopic (exact) mass is 72.0 g/mol. The fourth-order valence-corrected chi connectivity index (χ4v) is 0. The van der Waals surface area contributed by atoms with E-state index in [2.05, 4.69) is 0 Å². The van der Waals surface area contributed by atoms with Crippen molar-refractivity contribution in [2.45, 2.75) is 0 Å². The zero-order valence-corrected chi connectivity index (χ0v) is 2.85. The fourth-order valence-electron chi connectivity index (χ4n) is 0. The van der Waals surface area contributed by atoms with Gasteiger partial charge in [0.1, 0.15) is 0 Å². The van der Waals surface area contributed by atoms with Crippen molar-refractivity contribution in [2.24, 2.45) is 0 Å². The van der Waals surface area contributed by atoms with E-state index in [0.29, 0.717) is 0 Å². The van der Waals surface area contributed by atoms with Gasteiger partial charge < -0.3 is 11.5 Å². The Balaban J connectivity index is -0.0000000450. The van der Waals surface area contributed by atoms with Gasteiger partial charge in [-0.2, -0.15) is 0 Å². The van der Waals surface area contributed by atoms with Crippen molar-refractivity contribution in [3.05, 3.63) is 0 Å². The van der Waals surface area contributed by atoms with Gasteiger partial charge in [0.25, 0.3) is 0 Å². The number of hydrogen-bond acceptors (Lipinski definition) is 2. The zero-order chi connectivity index (χ0) is 3.58. The smallest absolute Gasteiger partial charge is 1.00 e. The van der Waals surface area contributed by atoms with Crippen LogP contribution in [0.15, 0.2) is 0 Å². The summed E-state index contributed by atoms with van der Waals surface area (Å²) in [6.45, 7) is 0. The summed E-state index contributed by atoms with van der Waals surface area (Å²) < 4.78 is 10.1. The molecule has 0 fully saturated rings. The Labute approximate surface area is 42.9 Å². The molecule has 0 aromatic heterocycles. The van der Waals surface area contributed by atoms with Crippen LogP contribution in [-0.2, 0) is 0 Å². The van der Waals surface area contributed by atoms with Gasteiger partial charge in [0.15, 0.2) is 0 Å². The molecule has 0 rings (SSSR count). The molecule has 0 aliphatic heterocycles. The van der Waals surface area contributed by atoms with Crippen LogP contribution in [0.5, 0.6) is 0 Å². The number of hydrogen-bond donors (Lipinski definition) is 2. The molecule has 0 aromatic rings. The van der Waals surface area contributed by atoms with Gasteiger partial charge in [0.05, 0.1) is 0 Å². The van der Waals surface area contributed by atoms with Crippen molar-refractivity contribution in [1.29, 1.82) is 0 Å². The van der Waals surface area contributed by atoms with Crippen molar-refractivity contribution in [3.8, 4) is 0 Å². The summed E-state index contributed by atoms with van der Waals surface area (Å²) in [6.07, 6.45) is 0. The standard InChI is InChI=1S/BFH2O2.Li.H/c2-1(3)4;;/h3-4H;;/q;+1;-1. The van der Waals surface area contributed by atoms with E-state index < -0.39 is 7.40 Å². The van der Waals surface area contributed by atoms with Gasteiger partial charge in [0, 0.05) is 0 Å². The van der Waals surface area contributed by atoms with E-state index in [1.54, 1.807) is 0 Å². The summed E-state index contributed by atoms with van der Waals surface area (Å²) in [7, 11) is -2.67. The Morgan fingerprint density at radius 3 is 1.60 bits per heavy atom. The summed E-state index contributed by atoms with van der Waals surface area (Å²) in [6, 6.07) is 0. The molecule has 0 spiro atoms. The minimum Gasteiger partial charge on any atom is -1.00 e. The molecule has 5 heteroatoms. The van der Waals surface area contributed by atoms with Crippen LogP contribution < -0.4 is 18.9 Å². The van der Waals surface area contributed by atoms with E-state index in [0.717, 1.165) is 0 Å². The predicted octanol–water partition coefficient (Wildman–Crippen LogP) is -3.96. The molecule has 26 valence electrons. The second kappa shape index (κ2) is 4.51. The minimum absolute atomic E-state index is 0. The molecule has 5 heavy (non-hydrogen) atoms. The maximum absolute atomic E-state index is 10.1. The molecule has 0 bridgehead atoms. The van der Waals surface area contributed by atoms with Crippen molar-refractivity contribution >= 4 is 7.40 Å². The van der Waals surface area contributed by atoms with E-state index in [1.165, 1.54) is 0 Å². The quantitative estimate of drug-likeness (QED) is 0.286. The third-order valence-corrected chi connectivity index (χ3v) is 0. The fraction of sp³-hybridized carbons (Fsp3) is 0. The molecule has 0 aromatic carbocycles. The molecule has 2 N–H and O–H groups in total. The van der Waals surface area contributed by atoms with E-state index in [1.807, 2.05) is 0 Å². The summed E-state index contributed by atoms with van der Waals surface area (Å²) >= 11 is 0. The molecule has 0 aliphatic rings.